The lowest BCUT2D eigenvalue weighted by molar-refractivity contribution is 0.372. The number of aryl methyl sites for hydroxylation is 1. The second-order valence-corrected chi connectivity index (χ2v) is 4.40. The highest BCUT2D eigenvalue weighted by molar-refractivity contribution is 7.92. The molecule has 0 saturated heterocycles. The summed E-state index contributed by atoms with van der Waals surface area (Å²) < 4.78 is 13.6. The smallest absolute Gasteiger partial charge is 0.187 e. The van der Waals surface area contributed by atoms with Gasteiger partial charge in [0, 0.05) is 19.3 Å². The fraction of sp³-hybridized carbons (Fsp3) is 0.500. The van der Waals surface area contributed by atoms with Gasteiger partial charge in [0.25, 0.3) is 0 Å². The van der Waals surface area contributed by atoms with Gasteiger partial charge in [-0.3, -0.25) is 0 Å². The van der Waals surface area contributed by atoms with Crippen LogP contribution in [0.3, 0.4) is 0 Å². The first kappa shape index (κ1) is 10.7. The van der Waals surface area contributed by atoms with Gasteiger partial charge in [0.05, 0.1) is 5.69 Å². The number of rotatable bonds is 2. The van der Waals surface area contributed by atoms with Gasteiger partial charge in [-0.1, -0.05) is 6.08 Å². The first-order valence-corrected chi connectivity index (χ1v) is 5.61. The Bertz CT molecular complexity index is 386. The van der Waals surface area contributed by atoms with E-state index in [0.717, 1.165) is 30.8 Å². The first-order chi connectivity index (χ1) is 7.20. The van der Waals surface area contributed by atoms with Gasteiger partial charge in [0.1, 0.15) is 0 Å². The maximum absolute atomic E-state index is 12.3. The summed E-state index contributed by atoms with van der Waals surface area (Å²) in [5.41, 5.74) is 3.16. The molecular formula is C10H14FN3S. The lowest BCUT2D eigenvalue weighted by Crippen LogP contribution is -2.25. The van der Waals surface area contributed by atoms with Crippen LogP contribution in [-0.2, 0) is 0 Å². The first-order valence-electron chi connectivity index (χ1n) is 4.94. The molecule has 82 valence electrons. The van der Waals surface area contributed by atoms with Crippen molar-refractivity contribution in [1.82, 2.24) is 14.1 Å². The molecule has 0 aromatic carbocycles. The summed E-state index contributed by atoms with van der Waals surface area (Å²) in [4.78, 5) is 2.25. The molecule has 0 atom stereocenters. The Hall–Kier alpha value is -0.810. The molecule has 0 amide bonds. The molecule has 0 saturated carbocycles. The van der Waals surface area contributed by atoms with Crippen LogP contribution in [0.4, 0.5) is 3.89 Å². The molecule has 5 heteroatoms. The van der Waals surface area contributed by atoms with Crippen molar-refractivity contribution >= 4 is 17.9 Å². The van der Waals surface area contributed by atoms with E-state index >= 15 is 0 Å². The Morgan fingerprint density at radius 2 is 2.33 bits per heavy atom. The fourth-order valence-electron chi connectivity index (χ4n) is 1.85. The average molecular weight is 227 g/mol. The molecule has 1 aliphatic heterocycles. The second kappa shape index (κ2) is 4.37. The highest BCUT2D eigenvalue weighted by atomic mass is 32.2. The number of hydrogen-bond acceptors (Lipinski definition) is 3. The van der Waals surface area contributed by atoms with Crippen molar-refractivity contribution in [3.8, 4) is 0 Å². The molecule has 0 spiro atoms. The predicted octanol–water partition coefficient (Wildman–Crippen LogP) is 2.29. The third-order valence-corrected chi connectivity index (χ3v) is 2.92. The van der Waals surface area contributed by atoms with Gasteiger partial charge in [-0.25, -0.2) is 0 Å². The number of halogens is 1. The van der Waals surface area contributed by atoms with Crippen LogP contribution in [0.1, 0.15) is 17.7 Å². The molecule has 2 rings (SSSR count). The topological polar surface area (TPSA) is 21.1 Å². The third kappa shape index (κ3) is 2.23. The summed E-state index contributed by atoms with van der Waals surface area (Å²) in [5, 5.41) is 4.20. The number of hydrogen-bond donors (Lipinski definition) is 0. The van der Waals surface area contributed by atoms with E-state index in [4.69, 9.17) is 0 Å². The van der Waals surface area contributed by atoms with Crippen LogP contribution in [0.15, 0.2) is 12.3 Å². The molecule has 0 N–H and O–H groups in total. The lowest BCUT2D eigenvalue weighted by Gasteiger charge is -2.22. The van der Waals surface area contributed by atoms with Gasteiger partial charge in [-0.2, -0.15) is 9.19 Å². The molecule has 0 aliphatic carbocycles. The van der Waals surface area contributed by atoms with Crippen molar-refractivity contribution in [3.05, 3.63) is 23.5 Å². The molecule has 1 aromatic rings. The highest BCUT2D eigenvalue weighted by Gasteiger charge is 2.15. The third-order valence-electron chi connectivity index (χ3n) is 2.59. The predicted molar refractivity (Wildman–Crippen MR) is 61.2 cm³/mol. The van der Waals surface area contributed by atoms with Crippen molar-refractivity contribution < 1.29 is 3.89 Å². The Labute approximate surface area is 93.4 Å². The quantitative estimate of drug-likeness (QED) is 0.773. The van der Waals surface area contributed by atoms with Gasteiger partial charge in [-0.05, 0) is 31.5 Å². The van der Waals surface area contributed by atoms with E-state index in [1.165, 1.54) is 9.66 Å². The second-order valence-electron chi connectivity index (χ2n) is 3.89. The summed E-state index contributed by atoms with van der Waals surface area (Å²) in [6.45, 7) is 3.94. The van der Waals surface area contributed by atoms with E-state index in [0.29, 0.717) is 0 Å². The molecule has 1 aliphatic rings. The standard InChI is InChI=1S/C10H14FN3S/c1-8-6-14(15-11)12-10(8)9-4-3-5-13(2)7-9/h4,6H,3,5,7H2,1-2H3. The number of likely N-dealkylation sites (N-methyl/N-ethyl adjacent to an activating group) is 1. The fourth-order valence-corrected chi connectivity index (χ4v) is 2.16. The largest absolute Gasteiger partial charge is 0.302 e. The maximum Gasteiger partial charge on any atom is 0.187 e. The molecule has 0 bridgehead atoms. The van der Waals surface area contributed by atoms with E-state index < -0.39 is 0 Å². The summed E-state index contributed by atoms with van der Waals surface area (Å²) in [6, 6.07) is 0. The monoisotopic (exact) mass is 227 g/mol. The summed E-state index contributed by atoms with van der Waals surface area (Å²) in [5.74, 6) is 0. The van der Waals surface area contributed by atoms with E-state index in [1.54, 1.807) is 6.20 Å². The number of aromatic nitrogens is 2. The zero-order chi connectivity index (χ0) is 10.8. The minimum Gasteiger partial charge on any atom is -0.302 e. The van der Waals surface area contributed by atoms with Crippen molar-refractivity contribution in [1.29, 1.82) is 0 Å². The van der Waals surface area contributed by atoms with Crippen LogP contribution in [0.2, 0.25) is 0 Å². The molecule has 3 nitrogen and oxygen atoms in total. The average Bonchev–Trinajstić information content (AvgIpc) is 2.60. The minimum atomic E-state index is 0.133. The Morgan fingerprint density at radius 1 is 1.53 bits per heavy atom. The van der Waals surface area contributed by atoms with Gasteiger partial charge in [-0.15, -0.1) is 3.89 Å². The van der Waals surface area contributed by atoms with E-state index in [2.05, 4.69) is 23.1 Å². The molecule has 2 heterocycles. The van der Waals surface area contributed by atoms with Crippen LogP contribution < -0.4 is 0 Å². The van der Waals surface area contributed by atoms with Gasteiger partial charge in [0.2, 0.25) is 0 Å². The van der Waals surface area contributed by atoms with Crippen molar-refractivity contribution in [2.24, 2.45) is 0 Å². The SMILES string of the molecule is Cc1cn(SF)nc1C1=CCCN(C)C1. The Morgan fingerprint density at radius 3 is 2.93 bits per heavy atom. The zero-order valence-electron chi connectivity index (χ0n) is 8.90. The number of nitrogens with zero attached hydrogens (tertiary/aromatic N) is 3. The summed E-state index contributed by atoms with van der Waals surface area (Å²) in [7, 11) is 2.09. The molecule has 0 fully saturated rings. The van der Waals surface area contributed by atoms with Gasteiger partial charge in [0.15, 0.2) is 12.3 Å². The Balaban J connectivity index is 2.28. The molecule has 1 aromatic heterocycles. The van der Waals surface area contributed by atoms with Crippen LogP contribution >= 0.6 is 12.3 Å². The van der Waals surface area contributed by atoms with E-state index in [1.807, 2.05) is 6.92 Å². The minimum absolute atomic E-state index is 0.133. The maximum atomic E-state index is 12.3. The molecule has 0 radical (unpaired) electrons. The van der Waals surface area contributed by atoms with Crippen molar-refractivity contribution in [2.45, 2.75) is 13.3 Å². The van der Waals surface area contributed by atoms with E-state index in [9.17, 15) is 3.89 Å². The zero-order valence-corrected chi connectivity index (χ0v) is 9.72. The summed E-state index contributed by atoms with van der Waals surface area (Å²) in [6.07, 6.45) is 4.96. The van der Waals surface area contributed by atoms with Crippen LogP contribution in [0, 0.1) is 6.92 Å². The normalized spacial score (nSPS) is 17.9. The molecule has 15 heavy (non-hydrogen) atoms. The molecule has 0 unspecified atom stereocenters. The van der Waals surface area contributed by atoms with Gasteiger partial charge >= 0.3 is 0 Å². The van der Waals surface area contributed by atoms with Crippen LogP contribution in [0.25, 0.3) is 5.57 Å². The van der Waals surface area contributed by atoms with Crippen LogP contribution in [0.5, 0.6) is 0 Å². The molecular weight excluding hydrogens is 213 g/mol. The van der Waals surface area contributed by atoms with Crippen molar-refractivity contribution in [2.75, 3.05) is 20.1 Å². The Kier molecular flexibility index (Phi) is 3.11. The van der Waals surface area contributed by atoms with E-state index in [-0.39, 0.29) is 12.3 Å². The van der Waals surface area contributed by atoms with Crippen molar-refractivity contribution in [3.63, 3.8) is 0 Å². The lowest BCUT2D eigenvalue weighted by atomic mass is 10.0. The van der Waals surface area contributed by atoms with Gasteiger partial charge < -0.3 is 4.90 Å². The summed E-state index contributed by atoms with van der Waals surface area (Å²) >= 11 is 0.133. The highest BCUT2D eigenvalue weighted by Crippen LogP contribution is 2.23. The van der Waals surface area contributed by atoms with Crippen LogP contribution in [-0.4, -0.2) is 34.2 Å².